The van der Waals surface area contributed by atoms with Crippen LogP contribution in [0, 0.1) is 11.8 Å². The molecular weight excluding hydrogens is 634 g/mol. The van der Waals surface area contributed by atoms with Crippen LogP contribution >= 0.6 is 27.5 Å². The fraction of sp³-hybridized carbons (Fsp3) is 0.424. The predicted molar refractivity (Wildman–Crippen MR) is 170 cm³/mol. The Balaban J connectivity index is 1.58. The first kappa shape index (κ1) is 31.4. The lowest BCUT2D eigenvalue weighted by Crippen LogP contribution is -2.59. The topological polar surface area (TPSA) is 90.4 Å². The molecule has 0 aromatic heterocycles. The molecule has 0 radical (unpaired) electrons. The minimum Gasteiger partial charge on any atom is -0.394 e. The molecule has 3 amide bonds. The van der Waals surface area contributed by atoms with Gasteiger partial charge in [0.15, 0.2) is 0 Å². The highest BCUT2D eigenvalue weighted by atomic mass is 79.9. The third kappa shape index (κ3) is 5.45. The lowest BCUT2D eigenvalue weighted by molar-refractivity contribution is -0.147. The van der Waals surface area contributed by atoms with E-state index in [4.69, 9.17) is 16.3 Å². The monoisotopic (exact) mass is 669 g/mol. The molecule has 3 aliphatic heterocycles. The van der Waals surface area contributed by atoms with Gasteiger partial charge in [0, 0.05) is 35.2 Å². The van der Waals surface area contributed by atoms with Gasteiger partial charge in [-0.1, -0.05) is 76.9 Å². The number of aliphatic hydroxyl groups excluding tert-OH is 1. The van der Waals surface area contributed by atoms with Crippen LogP contribution in [0.15, 0.2) is 79.9 Å². The zero-order valence-electron chi connectivity index (χ0n) is 24.1. The third-order valence-electron chi connectivity index (χ3n) is 8.91. The summed E-state index contributed by atoms with van der Waals surface area (Å²) in [5.41, 5.74) is 0.289. The van der Waals surface area contributed by atoms with Crippen molar-refractivity contribution in [1.29, 1.82) is 0 Å². The van der Waals surface area contributed by atoms with Crippen LogP contribution in [-0.2, 0) is 25.7 Å². The van der Waals surface area contributed by atoms with Crippen molar-refractivity contribution in [2.45, 2.75) is 54.9 Å². The molecule has 1 N–H and O–H groups in total. The van der Waals surface area contributed by atoms with Crippen molar-refractivity contribution in [3.05, 3.63) is 90.5 Å². The van der Waals surface area contributed by atoms with Crippen LogP contribution < -0.4 is 4.90 Å². The van der Waals surface area contributed by atoms with E-state index in [2.05, 4.69) is 29.1 Å². The Kier molecular flexibility index (Phi) is 9.46. The Bertz CT molecular complexity index is 1370. The normalized spacial score (nSPS) is 28.0. The lowest BCUT2D eigenvalue weighted by Gasteiger charge is -2.39. The van der Waals surface area contributed by atoms with Gasteiger partial charge in [0.2, 0.25) is 11.8 Å². The number of anilines is 1. The molecule has 5 rings (SSSR count). The van der Waals surface area contributed by atoms with E-state index in [-0.39, 0.29) is 35.7 Å². The number of alkyl halides is 1. The maximum atomic E-state index is 14.7. The number of aliphatic hydroxyl groups is 1. The second-order valence-corrected chi connectivity index (χ2v) is 13.0. The quantitative estimate of drug-likeness (QED) is 0.264. The van der Waals surface area contributed by atoms with Gasteiger partial charge in [-0.2, -0.15) is 0 Å². The van der Waals surface area contributed by atoms with Crippen LogP contribution in [0.4, 0.5) is 5.69 Å². The summed E-state index contributed by atoms with van der Waals surface area (Å²) in [7, 11) is 0. The average Bonchev–Trinajstić information content (AvgIpc) is 3.60. The molecule has 0 saturated carbocycles. The maximum absolute atomic E-state index is 14.7. The molecule has 0 aliphatic carbocycles. The summed E-state index contributed by atoms with van der Waals surface area (Å²) < 4.78 is 6.71. The third-order valence-corrected chi connectivity index (χ3v) is 10.0. The van der Waals surface area contributed by atoms with Crippen molar-refractivity contribution in [2.75, 3.05) is 24.6 Å². The van der Waals surface area contributed by atoms with Crippen molar-refractivity contribution in [3.8, 4) is 0 Å². The van der Waals surface area contributed by atoms with Gasteiger partial charge < -0.3 is 24.5 Å². The Hall–Kier alpha value is -2.98. The van der Waals surface area contributed by atoms with E-state index in [9.17, 15) is 19.5 Å². The van der Waals surface area contributed by atoms with Gasteiger partial charge in [-0.25, -0.2) is 0 Å². The molecular formula is C33H37BrClN3O5. The average molecular weight is 671 g/mol. The van der Waals surface area contributed by atoms with Crippen LogP contribution in [0.25, 0.3) is 0 Å². The molecule has 3 unspecified atom stereocenters. The Morgan fingerprint density at radius 2 is 1.81 bits per heavy atom. The van der Waals surface area contributed by atoms with E-state index in [1.807, 2.05) is 37.3 Å². The van der Waals surface area contributed by atoms with Crippen LogP contribution in [-0.4, -0.2) is 80.9 Å². The van der Waals surface area contributed by atoms with Crippen molar-refractivity contribution in [2.24, 2.45) is 11.8 Å². The van der Waals surface area contributed by atoms with Gasteiger partial charge in [0.05, 0.1) is 30.6 Å². The SMILES string of the molecule is C=CCN(Cc1ccccc1)C(=O)[C@H]1[C@@H]2OC3(CC2Br)C(C(=O)N(CC=C)c2ccc(Cl)cc2)N([C@@H](CC)CO)C(=O)[C@H]13. The summed E-state index contributed by atoms with van der Waals surface area (Å²) >= 11 is 9.88. The number of fused-ring (bicyclic) bond motifs is 1. The molecule has 3 saturated heterocycles. The van der Waals surface area contributed by atoms with E-state index >= 15 is 0 Å². The van der Waals surface area contributed by atoms with Crippen molar-refractivity contribution in [1.82, 2.24) is 9.80 Å². The van der Waals surface area contributed by atoms with E-state index in [0.29, 0.717) is 36.6 Å². The van der Waals surface area contributed by atoms with E-state index in [1.165, 1.54) is 4.90 Å². The Labute approximate surface area is 266 Å². The Morgan fingerprint density at radius 1 is 1.14 bits per heavy atom. The fourth-order valence-corrected chi connectivity index (χ4v) is 8.13. The Morgan fingerprint density at radius 3 is 2.42 bits per heavy atom. The molecule has 43 heavy (non-hydrogen) atoms. The molecule has 10 heteroatoms. The lowest BCUT2D eigenvalue weighted by atomic mass is 9.70. The molecule has 2 aromatic rings. The zero-order valence-corrected chi connectivity index (χ0v) is 26.5. The van der Waals surface area contributed by atoms with Gasteiger partial charge in [0.1, 0.15) is 11.6 Å². The summed E-state index contributed by atoms with van der Waals surface area (Å²) in [4.78, 5) is 48.0. The van der Waals surface area contributed by atoms with E-state index < -0.39 is 35.6 Å². The van der Waals surface area contributed by atoms with Crippen LogP contribution in [0.1, 0.15) is 25.3 Å². The van der Waals surface area contributed by atoms with Crippen LogP contribution in [0.5, 0.6) is 0 Å². The summed E-state index contributed by atoms with van der Waals surface area (Å²) in [6.45, 7) is 10.1. The number of halogens is 2. The number of benzene rings is 2. The number of hydrogen-bond acceptors (Lipinski definition) is 5. The molecule has 3 fully saturated rings. The number of carbonyl (C=O) groups excluding carboxylic acids is 3. The van der Waals surface area contributed by atoms with Gasteiger partial charge >= 0.3 is 0 Å². The first-order valence-electron chi connectivity index (χ1n) is 14.6. The number of ether oxygens (including phenoxy) is 1. The van der Waals surface area contributed by atoms with Crippen molar-refractivity contribution >= 4 is 50.9 Å². The zero-order chi connectivity index (χ0) is 30.9. The highest BCUT2D eigenvalue weighted by Crippen LogP contribution is 2.61. The molecule has 3 heterocycles. The molecule has 1 spiro atoms. The summed E-state index contributed by atoms with van der Waals surface area (Å²) in [5.74, 6) is -2.61. The molecule has 7 atom stereocenters. The second kappa shape index (κ2) is 12.9. The fourth-order valence-electron chi connectivity index (χ4n) is 7.06. The molecule has 2 aromatic carbocycles. The number of nitrogens with zero attached hydrogens (tertiary/aromatic N) is 3. The van der Waals surface area contributed by atoms with E-state index in [0.717, 1.165) is 5.56 Å². The number of likely N-dealkylation sites (tertiary alicyclic amines) is 1. The molecule has 2 bridgehead atoms. The first-order valence-corrected chi connectivity index (χ1v) is 15.9. The van der Waals surface area contributed by atoms with Gasteiger partial charge in [-0.3, -0.25) is 14.4 Å². The molecule has 228 valence electrons. The highest BCUT2D eigenvalue weighted by Gasteiger charge is 2.77. The highest BCUT2D eigenvalue weighted by molar-refractivity contribution is 9.09. The van der Waals surface area contributed by atoms with Crippen molar-refractivity contribution in [3.63, 3.8) is 0 Å². The number of carbonyl (C=O) groups is 3. The van der Waals surface area contributed by atoms with Crippen LogP contribution in [0.3, 0.4) is 0 Å². The summed E-state index contributed by atoms with van der Waals surface area (Å²) in [6, 6.07) is 14.8. The minimum absolute atomic E-state index is 0.184. The molecule has 3 aliphatic rings. The summed E-state index contributed by atoms with van der Waals surface area (Å²) in [5, 5.41) is 10.9. The van der Waals surface area contributed by atoms with Crippen LogP contribution in [0.2, 0.25) is 5.02 Å². The van der Waals surface area contributed by atoms with Gasteiger partial charge in [-0.05, 0) is 42.7 Å². The maximum Gasteiger partial charge on any atom is 0.253 e. The number of rotatable bonds is 12. The number of hydrogen-bond donors (Lipinski definition) is 1. The predicted octanol–water partition coefficient (Wildman–Crippen LogP) is 4.59. The molecule has 8 nitrogen and oxygen atoms in total. The standard InChI is InChI=1S/C33H37BrClN3O5/c1-4-16-36(19-21-10-8-7-9-11-21)30(40)26-27-31(41)38(23(6-3)20-39)29(33(27)18-25(34)28(26)43-33)32(42)37(17-5-2)24-14-12-22(35)13-15-24/h4-5,7-15,23,25-29,39H,1-2,6,16-20H2,3H3/t23-,25?,26+,27-,28+,29?,33?/m0/s1. The number of amides is 3. The van der Waals surface area contributed by atoms with Gasteiger partial charge in [-0.15, -0.1) is 13.2 Å². The summed E-state index contributed by atoms with van der Waals surface area (Å²) in [6.07, 6.45) is 3.49. The first-order chi connectivity index (χ1) is 20.7. The smallest absolute Gasteiger partial charge is 0.253 e. The van der Waals surface area contributed by atoms with Crippen molar-refractivity contribution < 1.29 is 24.2 Å². The van der Waals surface area contributed by atoms with E-state index in [1.54, 1.807) is 46.2 Å². The van der Waals surface area contributed by atoms with Gasteiger partial charge in [0.25, 0.3) is 5.91 Å². The second-order valence-electron chi connectivity index (χ2n) is 11.4. The largest absolute Gasteiger partial charge is 0.394 e. The minimum atomic E-state index is -1.26.